The zero-order chi connectivity index (χ0) is 22.2. The number of hydrogen-bond donors (Lipinski definition) is 0. The number of aromatic nitrogens is 1. The van der Waals surface area contributed by atoms with Crippen molar-refractivity contribution in [1.29, 1.82) is 0 Å². The van der Waals surface area contributed by atoms with Crippen LogP contribution in [0, 0.1) is 6.92 Å². The zero-order valence-electron chi connectivity index (χ0n) is 17.6. The summed E-state index contributed by atoms with van der Waals surface area (Å²) in [5.41, 5.74) is 2.89. The maximum atomic E-state index is 11.9. The molecule has 0 aliphatic heterocycles. The van der Waals surface area contributed by atoms with Crippen molar-refractivity contribution in [3.05, 3.63) is 82.7 Å². The lowest BCUT2D eigenvalue weighted by atomic mass is 10.1. The van der Waals surface area contributed by atoms with Gasteiger partial charge in [0.2, 0.25) is 0 Å². The largest absolute Gasteiger partial charge is 0.497 e. The molecule has 0 amide bonds. The molecule has 0 atom stereocenters. The van der Waals surface area contributed by atoms with Gasteiger partial charge in [-0.3, -0.25) is 9.78 Å². The van der Waals surface area contributed by atoms with Crippen LogP contribution >= 0.6 is 0 Å². The van der Waals surface area contributed by atoms with E-state index in [-0.39, 0.29) is 13.2 Å². The number of nitrogens with zero attached hydrogens (tertiary/aromatic N) is 1. The fourth-order valence-corrected chi connectivity index (χ4v) is 2.98. The summed E-state index contributed by atoms with van der Waals surface area (Å²) in [5, 5.41) is 0. The number of benzene rings is 2. The van der Waals surface area contributed by atoms with Crippen LogP contribution in [0.1, 0.15) is 37.5 Å². The van der Waals surface area contributed by atoms with E-state index in [1.54, 1.807) is 38.3 Å². The standard InChI is InChI=1S/C24H23NO6/c1-16-19(24(27)29-3)11-12-25-21(16)15-31-23-6-4-5-22(20(23)13-26)30-14-17-7-9-18(28-2)10-8-17/h4-13H,14-15H2,1-3H3. The van der Waals surface area contributed by atoms with Crippen LogP contribution in [0.5, 0.6) is 17.2 Å². The molecule has 7 nitrogen and oxygen atoms in total. The van der Waals surface area contributed by atoms with Crippen molar-refractivity contribution in [1.82, 2.24) is 4.98 Å². The predicted octanol–water partition coefficient (Wildman–Crippen LogP) is 4.16. The van der Waals surface area contributed by atoms with E-state index in [1.807, 2.05) is 24.3 Å². The number of carbonyl (C=O) groups is 2. The summed E-state index contributed by atoms with van der Waals surface area (Å²) in [6.45, 7) is 2.14. The van der Waals surface area contributed by atoms with Gasteiger partial charge in [-0.1, -0.05) is 18.2 Å². The molecule has 7 heteroatoms. The third kappa shape index (κ3) is 5.19. The molecule has 0 fully saturated rings. The van der Waals surface area contributed by atoms with E-state index in [0.29, 0.717) is 40.2 Å². The minimum atomic E-state index is -0.441. The smallest absolute Gasteiger partial charge is 0.338 e. The van der Waals surface area contributed by atoms with Gasteiger partial charge in [0, 0.05) is 6.20 Å². The van der Waals surface area contributed by atoms with Crippen LogP contribution in [-0.2, 0) is 18.0 Å². The maximum Gasteiger partial charge on any atom is 0.338 e. The van der Waals surface area contributed by atoms with Gasteiger partial charge in [0.05, 0.1) is 31.0 Å². The predicted molar refractivity (Wildman–Crippen MR) is 114 cm³/mol. The Hall–Kier alpha value is -3.87. The molecule has 2 aromatic carbocycles. The molecule has 0 bridgehead atoms. The van der Waals surface area contributed by atoms with Crippen molar-refractivity contribution < 1.29 is 28.5 Å². The first kappa shape index (κ1) is 21.8. The number of pyridine rings is 1. The number of hydrogen-bond acceptors (Lipinski definition) is 7. The van der Waals surface area contributed by atoms with Crippen LogP contribution in [0.3, 0.4) is 0 Å². The fourth-order valence-electron chi connectivity index (χ4n) is 2.98. The van der Waals surface area contributed by atoms with Gasteiger partial charge in [0.15, 0.2) is 6.29 Å². The maximum absolute atomic E-state index is 11.9. The molecule has 0 aliphatic rings. The minimum absolute atomic E-state index is 0.0828. The second-order valence-corrected chi connectivity index (χ2v) is 6.63. The molecule has 0 saturated heterocycles. The monoisotopic (exact) mass is 421 g/mol. The van der Waals surface area contributed by atoms with Crippen molar-refractivity contribution in [2.45, 2.75) is 20.1 Å². The molecule has 0 saturated carbocycles. The number of methoxy groups -OCH3 is 2. The second kappa shape index (κ2) is 10.2. The first-order chi connectivity index (χ1) is 15.1. The van der Waals surface area contributed by atoms with Crippen LogP contribution in [0.25, 0.3) is 0 Å². The summed E-state index contributed by atoms with van der Waals surface area (Å²) < 4.78 is 21.6. The Bertz CT molecular complexity index is 1060. The number of esters is 1. The fraction of sp³-hybridized carbons (Fsp3) is 0.208. The van der Waals surface area contributed by atoms with Crippen molar-refractivity contribution in [2.24, 2.45) is 0 Å². The van der Waals surface area contributed by atoms with Crippen molar-refractivity contribution >= 4 is 12.3 Å². The van der Waals surface area contributed by atoms with Crippen molar-refractivity contribution in [3.8, 4) is 17.2 Å². The number of carbonyl (C=O) groups excluding carboxylic acids is 2. The van der Waals surface area contributed by atoms with E-state index in [4.69, 9.17) is 18.9 Å². The SMILES string of the molecule is COC(=O)c1ccnc(COc2cccc(OCc3ccc(OC)cc3)c2C=O)c1C. The zero-order valence-corrected chi connectivity index (χ0v) is 17.6. The first-order valence-electron chi connectivity index (χ1n) is 9.57. The Kier molecular flexibility index (Phi) is 7.22. The lowest BCUT2D eigenvalue weighted by Crippen LogP contribution is -2.09. The minimum Gasteiger partial charge on any atom is -0.497 e. The molecule has 1 heterocycles. The van der Waals surface area contributed by atoms with Crippen LogP contribution in [0.2, 0.25) is 0 Å². The van der Waals surface area contributed by atoms with Crippen LogP contribution < -0.4 is 14.2 Å². The van der Waals surface area contributed by atoms with Crippen molar-refractivity contribution in [2.75, 3.05) is 14.2 Å². The molecule has 0 unspecified atom stereocenters. The van der Waals surface area contributed by atoms with Crippen LogP contribution in [-0.4, -0.2) is 31.5 Å². The first-order valence-corrected chi connectivity index (χ1v) is 9.57. The molecule has 3 aromatic rings. The summed E-state index contributed by atoms with van der Waals surface area (Å²) in [7, 11) is 2.93. The molecule has 0 radical (unpaired) electrons. The highest BCUT2D eigenvalue weighted by Gasteiger charge is 2.15. The third-order valence-electron chi connectivity index (χ3n) is 4.78. The van der Waals surface area contributed by atoms with E-state index < -0.39 is 5.97 Å². The average molecular weight is 421 g/mol. The number of rotatable bonds is 9. The van der Waals surface area contributed by atoms with Gasteiger partial charge in [0.25, 0.3) is 0 Å². The highest BCUT2D eigenvalue weighted by atomic mass is 16.5. The Morgan fingerprint density at radius 2 is 1.65 bits per heavy atom. The Morgan fingerprint density at radius 1 is 0.968 bits per heavy atom. The van der Waals surface area contributed by atoms with Gasteiger partial charge >= 0.3 is 5.97 Å². The van der Waals surface area contributed by atoms with Gasteiger partial charge in [-0.15, -0.1) is 0 Å². The third-order valence-corrected chi connectivity index (χ3v) is 4.78. The Balaban J connectivity index is 1.74. The quantitative estimate of drug-likeness (QED) is 0.379. The van der Waals surface area contributed by atoms with E-state index in [0.717, 1.165) is 11.3 Å². The van der Waals surface area contributed by atoms with Crippen LogP contribution in [0.4, 0.5) is 0 Å². The molecule has 31 heavy (non-hydrogen) atoms. The topological polar surface area (TPSA) is 84.0 Å². The van der Waals surface area contributed by atoms with E-state index in [1.165, 1.54) is 13.3 Å². The molecular formula is C24H23NO6. The van der Waals surface area contributed by atoms with E-state index in [2.05, 4.69) is 4.98 Å². The lowest BCUT2D eigenvalue weighted by molar-refractivity contribution is 0.0599. The molecule has 1 aromatic heterocycles. The highest BCUT2D eigenvalue weighted by molar-refractivity contribution is 5.91. The molecule has 0 aliphatic carbocycles. The summed E-state index contributed by atoms with van der Waals surface area (Å²) in [4.78, 5) is 27.9. The van der Waals surface area contributed by atoms with E-state index in [9.17, 15) is 9.59 Å². The molecular weight excluding hydrogens is 398 g/mol. The Morgan fingerprint density at radius 3 is 2.26 bits per heavy atom. The van der Waals surface area contributed by atoms with Gasteiger partial charge in [-0.05, 0) is 48.4 Å². The van der Waals surface area contributed by atoms with E-state index >= 15 is 0 Å². The van der Waals surface area contributed by atoms with Crippen LogP contribution in [0.15, 0.2) is 54.7 Å². The molecule has 3 rings (SSSR count). The normalized spacial score (nSPS) is 10.3. The lowest BCUT2D eigenvalue weighted by Gasteiger charge is -2.14. The number of aldehydes is 1. The van der Waals surface area contributed by atoms with Gasteiger partial charge in [-0.2, -0.15) is 0 Å². The van der Waals surface area contributed by atoms with Gasteiger partial charge < -0.3 is 18.9 Å². The van der Waals surface area contributed by atoms with Gasteiger partial charge in [0.1, 0.15) is 30.5 Å². The highest BCUT2D eigenvalue weighted by Crippen LogP contribution is 2.28. The Labute approximate surface area is 180 Å². The second-order valence-electron chi connectivity index (χ2n) is 6.63. The molecule has 160 valence electrons. The summed E-state index contributed by atoms with van der Waals surface area (Å²) >= 11 is 0. The summed E-state index contributed by atoms with van der Waals surface area (Å²) in [6, 6.07) is 14.2. The summed E-state index contributed by atoms with van der Waals surface area (Å²) in [5.74, 6) is 1.10. The molecule has 0 spiro atoms. The number of ether oxygens (including phenoxy) is 4. The summed E-state index contributed by atoms with van der Waals surface area (Å²) in [6.07, 6.45) is 2.22. The van der Waals surface area contributed by atoms with Crippen molar-refractivity contribution in [3.63, 3.8) is 0 Å². The molecule has 0 N–H and O–H groups in total. The van der Waals surface area contributed by atoms with Gasteiger partial charge in [-0.25, -0.2) is 4.79 Å². The average Bonchev–Trinajstić information content (AvgIpc) is 2.81.